The molecule has 0 aromatic heterocycles. The van der Waals surface area contributed by atoms with E-state index >= 15 is 0 Å². The summed E-state index contributed by atoms with van der Waals surface area (Å²) in [6.07, 6.45) is 1.87. The van der Waals surface area contributed by atoms with E-state index in [2.05, 4.69) is 17.4 Å². The largest absolute Gasteiger partial charge is 0.352 e. The first kappa shape index (κ1) is 19.6. The van der Waals surface area contributed by atoms with Crippen LogP contribution in [0.4, 0.5) is 0 Å². The zero-order valence-electron chi connectivity index (χ0n) is 13.0. The van der Waals surface area contributed by atoms with Gasteiger partial charge in [-0.15, -0.1) is 24.2 Å². The highest BCUT2D eigenvalue weighted by molar-refractivity contribution is 7.98. The quantitative estimate of drug-likeness (QED) is 0.561. The Bertz CT molecular complexity index is 575. The summed E-state index contributed by atoms with van der Waals surface area (Å²) in [5.74, 6) is 0.891. The molecule has 0 aliphatic rings. The number of benzene rings is 2. The first-order valence-electron chi connectivity index (χ1n) is 7.54. The number of thioether (sulfide) groups is 1. The van der Waals surface area contributed by atoms with Gasteiger partial charge in [0.05, 0.1) is 0 Å². The van der Waals surface area contributed by atoms with Crippen LogP contribution in [-0.2, 0) is 5.75 Å². The van der Waals surface area contributed by atoms with E-state index in [4.69, 9.17) is 5.73 Å². The third kappa shape index (κ3) is 7.08. The predicted molar refractivity (Wildman–Crippen MR) is 100 cm³/mol. The number of hydrogen-bond donors (Lipinski definition) is 2. The lowest BCUT2D eigenvalue weighted by atomic mass is 10.1. The van der Waals surface area contributed by atoms with Gasteiger partial charge < -0.3 is 11.1 Å². The zero-order chi connectivity index (χ0) is 15.6. The fourth-order valence-electron chi connectivity index (χ4n) is 2.01. The SMILES string of the molecule is Cl.NCCCCNC(=O)c1ccc(CSc2ccccc2)cc1. The molecule has 2 rings (SSSR count). The van der Waals surface area contributed by atoms with Crippen molar-refractivity contribution in [3.63, 3.8) is 0 Å². The number of unbranched alkanes of at least 4 members (excludes halogenated alkanes) is 1. The van der Waals surface area contributed by atoms with Gasteiger partial charge in [-0.25, -0.2) is 0 Å². The highest BCUT2D eigenvalue weighted by Gasteiger charge is 2.04. The maximum absolute atomic E-state index is 12.0. The topological polar surface area (TPSA) is 55.1 Å². The van der Waals surface area contributed by atoms with Crippen molar-refractivity contribution in [2.45, 2.75) is 23.5 Å². The zero-order valence-corrected chi connectivity index (χ0v) is 14.7. The van der Waals surface area contributed by atoms with E-state index in [-0.39, 0.29) is 18.3 Å². The first-order valence-corrected chi connectivity index (χ1v) is 8.53. The third-order valence-corrected chi connectivity index (χ3v) is 4.36. The molecule has 0 atom stereocenters. The van der Waals surface area contributed by atoms with Gasteiger partial charge in [0.2, 0.25) is 0 Å². The molecule has 5 heteroatoms. The van der Waals surface area contributed by atoms with Crippen LogP contribution in [0.15, 0.2) is 59.5 Å². The maximum Gasteiger partial charge on any atom is 0.251 e. The van der Waals surface area contributed by atoms with E-state index in [1.165, 1.54) is 10.5 Å². The molecular weight excluding hydrogens is 328 g/mol. The number of nitrogens with one attached hydrogen (secondary N) is 1. The predicted octanol–water partition coefficient (Wildman–Crippen LogP) is 3.87. The van der Waals surface area contributed by atoms with Crippen molar-refractivity contribution in [1.82, 2.24) is 5.32 Å². The van der Waals surface area contributed by atoms with Gasteiger partial charge in [-0.2, -0.15) is 0 Å². The van der Waals surface area contributed by atoms with Crippen molar-refractivity contribution in [2.24, 2.45) is 5.73 Å². The summed E-state index contributed by atoms with van der Waals surface area (Å²) in [6.45, 7) is 1.35. The van der Waals surface area contributed by atoms with E-state index in [0.29, 0.717) is 18.7 Å². The van der Waals surface area contributed by atoms with E-state index in [1.54, 1.807) is 11.8 Å². The summed E-state index contributed by atoms with van der Waals surface area (Å²) in [4.78, 5) is 13.2. The van der Waals surface area contributed by atoms with Crippen molar-refractivity contribution >= 4 is 30.1 Å². The van der Waals surface area contributed by atoms with Crippen LogP contribution in [0.3, 0.4) is 0 Å². The van der Waals surface area contributed by atoms with Crippen LogP contribution in [-0.4, -0.2) is 19.0 Å². The number of amides is 1. The molecule has 0 unspecified atom stereocenters. The molecule has 2 aromatic rings. The van der Waals surface area contributed by atoms with Gasteiger partial charge in [0, 0.05) is 22.8 Å². The molecular formula is C18H23ClN2OS. The highest BCUT2D eigenvalue weighted by Crippen LogP contribution is 2.22. The highest BCUT2D eigenvalue weighted by atomic mass is 35.5. The van der Waals surface area contributed by atoms with Gasteiger partial charge in [-0.05, 0) is 49.2 Å². The summed E-state index contributed by atoms with van der Waals surface area (Å²) in [5, 5.41) is 2.91. The molecule has 3 N–H and O–H groups in total. The Morgan fingerprint density at radius 1 is 1.00 bits per heavy atom. The molecule has 2 aromatic carbocycles. The number of hydrogen-bond acceptors (Lipinski definition) is 3. The maximum atomic E-state index is 12.0. The van der Waals surface area contributed by atoms with Gasteiger partial charge in [-0.1, -0.05) is 30.3 Å². The Balaban J connectivity index is 0.00000264. The fourth-order valence-corrected chi connectivity index (χ4v) is 2.88. The second kappa shape index (κ2) is 11.1. The Morgan fingerprint density at radius 2 is 1.70 bits per heavy atom. The summed E-state index contributed by atoms with van der Waals surface area (Å²) < 4.78 is 0. The second-order valence-corrected chi connectivity index (χ2v) is 6.10. The van der Waals surface area contributed by atoms with Gasteiger partial charge in [0.25, 0.3) is 5.91 Å². The third-order valence-electron chi connectivity index (χ3n) is 3.28. The van der Waals surface area contributed by atoms with Crippen molar-refractivity contribution in [1.29, 1.82) is 0 Å². The van der Waals surface area contributed by atoms with Gasteiger partial charge in [0.15, 0.2) is 0 Å². The standard InChI is InChI=1S/C18H22N2OS.ClH/c19-12-4-5-13-20-18(21)16-10-8-15(9-11-16)14-22-17-6-2-1-3-7-17;/h1-3,6-11H,4-5,12-14,19H2,(H,20,21);1H. The van der Waals surface area contributed by atoms with Crippen LogP contribution in [0.25, 0.3) is 0 Å². The molecule has 0 saturated heterocycles. The first-order chi connectivity index (χ1) is 10.8. The number of nitrogens with two attached hydrogens (primary N) is 1. The van der Waals surface area contributed by atoms with Gasteiger partial charge in [0.1, 0.15) is 0 Å². The van der Waals surface area contributed by atoms with Crippen LogP contribution in [0.2, 0.25) is 0 Å². The summed E-state index contributed by atoms with van der Waals surface area (Å²) in [7, 11) is 0. The van der Waals surface area contributed by atoms with Crippen molar-refractivity contribution < 1.29 is 4.79 Å². The van der Waals surface area contributed by atoms with E-state index in [1.807, 2.05) is 42.5 Å². The summed E-state index contributed by atoms with van der Waals surface area (Å²) in [5.41, 5.74) is 7.35. The lowest BCUT2D eigenvalue weighted by Crippen LogP contribution is -2.24. The van der Waals surface area contributed by atoms with Crippen LogP contribution >= 0.6 is 24.2 Å². The average Bonchev–Trinajstić information content (AvgIpc) is 2.58. The number of carbonyl (C=O) groups excluding carboxylic acids is 1. The molecule has 0 aliphatic carbocycles. The van der Waals surface area contributed by atoms with E-state index < -0.39 is 0 Å². The van der Waals surface area contributed by atoms with Crippen LogP contribution in [0.5, 0.6) is 0 Å². The lowest BCUT2D eigenvalue weighted by Gasteiger charge is -2.06. The summed E-state index contributed by atoms with van der Waals surface area (Å²) >= 11 is 1.79. The van der Waals surface area contributed by atoms with Crippen molar-refractivity contribution in [3.8, 4) is 0 Å². The molecule has 1 amide bonds. The molecule has 3 nitrogen and oxygen atoms in total. The van der Waals surface area contributed by atoms with Gasteiger partial charge >= 0.3 is 0 Å². The van der Waals surface area contributed by atoms with Gasteiger partial charge in [-0.3, -0.25) is 4.79 Å². The molecule has 0 bridgehead atoms. The molecule has 0 spiro atoms. The smallest absolute Gasteiger partial charge is 0.251 e. The molecule has 0 heterocycles. The molecule has 23 heavy (non-hydrogen) atoms. The fraction of sp³-hybridized carbons (Fsp3) is 0.278. The molecule has 124 valence electrons. The van der Waals surface area contributed by atoms with E-state index in [0.717, 1.165) is 18.6 Å². The minimum atomic E-state index is -0.0146. The summed E-state index contributed by atoms with van der Waals surface area (Å²) in [6, 6.07) is 18.1. The van der Waals surface area contributed by atoms with Crippen LogP contribution < -0.4 is 11.1 Å². The Kier molecular flexibility index (Phi) is 9.45. The average molecular weight is 351 g/mol. The molecule has 0 fully saturated rings. The van der Waals surface area contributed by atoms with Crippen LogP contribution in [0.1, 0.15) is 28.8 Å². The van der Waals surface area contributed by atoms with E-state index in [9.17, 15) is 4.79 Å². The molecule has 0 aliphatic heterocycles. The number of carbonyl (C=O) groups is 1. The monoisotopic (exact) mass is 350 g/mol. The minimum absolute atomic E-state index is 0. The molecule has 0 saturated carbocycles. The van der Waals surface area contributed by atoms with Crippen molar-refractivity contribution in [2.75, 3.05) is 13.1 Å². The Morgan fingerprint density at radius 3 is 2.35 bits per heavy atom. The lowest BCUT2D eigenvalue weighted by molar-refractivity contribution is 0.0953. The normalized spacial score (nSPS) is 9.96. The Labute approximate surface area is 148 Å². The second-order valence-electron chi connectivity index (χ2n) is 5.05. The number of rotatable bonds is 8. The molecule has 0 radical (unpaired) electrons. The number of halogens is 1. The Hall–Kier alpha value is -1.49. The van der Waals surface area contributed by atoms with Crippen LogP contribution in [0, 0.1) is 0 Å². The van der Waals surface area contributed by atoms with Crippen molar-refractivity contribution in [3.05, 3.63) is 65.7 Å². The minimum Gasteiger partial charge on any atom is -0.352 e.